The molecule has 2 aliphatic rings. The summed E-state index contributed by atoms with van der Waals surface area (Å²) >= 11 is 0. The van der Waals surface area contributed by atoms with Crippen molar-refractivity contribution in [1.82, 2.24) is 19.5 Å². The van der Waals surface area contributed by atoms with Crippen LogP contribution < -0.4 is 0 Å². The number of para-hydroxylation sites is 1. The molecule has 348 valence electrons. The number of aromatic amines is 1. The third kappa shape index (κ3) is 8.21. The van der Waals surface area contributed by atoms with E-state index in [4.69, 9.17) is 9.97 Å². The molecule has 0 saturated carbocycles. The number of rotatable bonds is 8. The van der Waals surface area contributed by atoms with Crippen molar-refractivity contribution in [3.8, 4) is 72.4 Å². The third-order valence-corrected chi connectivity index (χ3v) is 13.8. The molecule has 0 fully saturated rings. The van der Waals surface area contributed by atoms with E-state index in [1.54, 1.807) is 0 Å². The standard InChI is InChI=1S/C68H46N4.Pd/c1-9-25-46(26-10-1)54-45-59-61(48-29-13-3-14-30-48)57-42-41-55(69-57)60(47-27-11-2-12-28-47)56-43-44-58(70-56)62(49-31-15-4-16-32-49)67-63(50-33-17-5-18-34-50)64(51-35-19-6-20-36-51)68(72(67)53-39-23-8-24-40-53)65(66(54)71-59)52-37-21-7-22-38-52;/h1-45,69H;. The van der Waals surface area contributed by atoms with Gasteiger partial charge in [-0.15, -0.1) is 0 Å². The Kier molecular flexibility index (Phi) is 12.2. The smallest absolute Gasteiger partial charge is 0.0816 e. The Bertz CT molecular complexity index is 4020. The molecule has 0 aliphatic carbocycles. The van der Waals surface area contributed by atoms with Gasteiger partial charge in [-0.1, -0.05) is 231 Å². The molecule has 4 nitrogen and oxygen atoms in total. The molecule has 8 aromatic carbocycles. The Morgan fingerprint density at radius 3 is 1.05 bits per heavy atom. The van der Waals surface area contributed by atoms with Crippen molar-refractivity contribution in [3.63, 3.8) is 0 Å². The van der Waals surface area contributed by atoms with Crippen LogP contribution in [0.2, 0.25) is 0 Å². The van der Waals surface area contributed by atoms with E-state index in [1.165, 1.54) is 0 Å². The van der Waals surface area contributed by atoms with Gasteiger partial charge < -0.3 is 9.55 Å². The zero-order chi connectivity index (χ0) is 47.8. The van der Waals surface area contributed by atoms with Gasteiger partial charge in [0.05, 0.1) is 33.8 Å². The van der Waals surface area contributed by atoms with Gasteiger partial charge in [0.2, 0.25) is 0 Å². The Balaban J connectivity index is 0.00000543. The van der Waals surface area contributed by atoms with Gasteiger partial charge in [-0.05, 0) is 81.4 Å². The van der Waals surface area contributed by atoms with Gasteiger partial charge in [0.15, 0.2) is 0 Å². The summed E-state index contributed by atoms with van der Waals surface area (Å²) in [6, 6.07) is 90.8. The van der Waals surface area contributed by atoms with Crippen LogP contribution in [-0.4, -0.2) is 19.5 Å². The Hall–Kier alpha value is -8.98. The number of nitrogens with one attached hydrogen (secondary N) is 1. The molecule has 13 rings (SSSR count). The zero-order valence-corrected chi connectivity index (χ0v) is 41.2. The minimum absolute atomic E-state index is 0. The van der Waals surface area contributed by atoms with Gasteiger partial charge in [0.25, 0.3) is 0 Å². The van der Waals surface area contributed by atoms with Gasteiger partial charge in [0, 0.05) is 76.1 Å². The van der Waals surface area contributed by atoms with Crippen molar-refractivity contribution in [1.29, 1.82) is 0 Å². The number of hydrogen-bond acceptors (Lipinski definition) is 2. The van der Waals surface area contributed by atoms with Crippen LogP contribution in [0.5, 0.6) is 0 Å². The molecule has 5 heterocycles. The number of nitrogens with zero attached hydrogens (tertiary/aromatic N) is 3. The second-order valence-corrected chi connectivity index (χ2v) is 18.1. The molecule has 11 aromatic rings. The van der Waals surface area contributed by atoms with E-state index in [0.29, 0.717) is 0 Å². The number of fused-ring (bicyclic) bond motifs is 8. The number of aromatic nitrogens is 4. The van der Waals surface area contributed by atoms with Crippen LogP contribution in [0, 0.1) is 0 Å². The molecule has 0 saturated heterocycles. The molecule has 1 N–H and O–H groups in total. The van der Waals surface area contributed by atoms with E-state index in [-0.39, 0.29) is 20.4 Å². The van der Waals surface area contributed by atoms with Crippen LogP contribution in [0.1, 0.15) is 28.3 Å². The number of benzene rings is 8. The largest absolute Gasteiger partial charge is 0.354 e. The van der Waals surface area contributed by atoms with Crippen molar-refractivity contribution in [2.24, 2.45) is 0 Å². The second kappa shape index (κ2) is 19.7. The van der Waals surface area contributed by atoms with Crippen molar-refractivity contribution in [3.05, 3.63) is 283 Å². The predicted molar refractivity (Wildman–Crippen MR) is 301 cm³/mol. The van der Waals surface area contributed by atoms with Crippen LogP contribution in [-0.2, 0) is 20.4 Å². The van der Waals surface area contributed by atoms with E-state index in [2.05, 4.69) is 283 Å². The first kappa shape index (κ1) is 45.2. The summed E-state index contributed by atoms with van der Waals surface area (Å²) in [5.41, 5.74) is 23.1. The summed E-state index contributed by atoms with van der Waals surface area (Å²) in [6.45, 7) is 0. The molecule has 73 heavy (non-hydrogen) atoms. The molecular weight excluding hydrogens is 979 g/mol. The fraction of sp³-hybridized carbons (Fsp3) is 0. The van der Waals surface area contributed by atoms with E-state index in [0.717, 1.165) is 128 Å². The van der Waals surface area contributed by atoms with Crippen molar-refractivity contribution >= 4 is 45.9 Å². The second-order valence-electron chi connectivity index (χ2n) is 18.1. The molecule has 0 atom stereocenters. The fourth-order valence-electron chi connectivity index (χ4n) is 10.6. The minimum atomic E-state index is 0. The first-order chi connectivity index (χ1) is 35.8. The Labute approximate surface area is 438 Å². The monoisotopic (exact) mass is 1020 g/mol. The van der Waals surface area contributed by atoms with Crippen LogP contribution in [0.25, 0.3) is 118 Å². The number of H-pyrrole nitrogens is 1. The first-order valence-corrected chi connectivity index (χ1v) is 24.5. The van der Waals surface area contributed by atoms with Gasteiger partial charge in [-0.25, -0.2) is 9.97 Å². The van der Waals surface area contributed by atoms with Crippen LogP contribution in [0.15, 0.2) is 255 Å². The van der Waals surface area contributed by atoms with Crippen molar-refractivity contribution in [2.75, 3.05) is 0 Å². The topological polar surface area (TPSA) is 46.5 Å². The first-order valence-electron chi connectivity index (χ1n) is 24.5. The molecule has 2 aliphatic heterocycles. The molecule has 8 bridgehead atoms. The minimum Gasteiger partial charge on any atom is -0.354 e. The SMILES string of the molecule is C1=Cc2nc1c(-c1ccccc1)c1ccc([nH]1)c(-c1ccccc1)c1nc(c(-c3ccccc3)c3c(-c4ccccc4)c(-c4ccccc4)c(c2-c2ccccc2)n3-c2ccccc2)C(c2ccccc2)=C1.[Pd]. The van der Waals surface area contributed by atoms with Crippen LogP contribution in [0.4, 0.5) is 0 Å². The molecule has 0 unspecified atom stereocenters. The Morgan fingerprint density at radius 2 is 0.616 bits per heavy atom. The third-order valence-electron chi connectivity index (χ3n) is 13.8. The maximum Gasteiger partial charge on any atom is 0.0816 e. The molecule has 5 heteroatoms. The van der Waals surface area contributed by atoms with E-state index in [9.17, 15) is 0 Å². The summed E-state index contributed by atoms with van der Waals surface area (Å²) in [6.07, 6.45) is 6.71. The molecule has 0 radical (unpaired) electrons. The maximum absolute atomic E-state index is 6.00. The summed E-state index contributed by atoms with van der Waals surface area (Å²) in [7, 11) is 0. The van der Waals surface area contributed by atoms with Crippen molar-refractivity contribution in [2.45, 2.75) is 0 Å². The van der Waals surface area contributed by atoms with Gasteiger partial charge in [0.1, 0.15) is 0 Å². The van der Waals surface area contributed by atoms with E-state index < -0.39 is 0 Å². The summed E-state index contributed by atoms with van der Waals surface area (Å²) < 4.78 is 2.51. The van der Waals surface area contributed by atoms with E-state index in [1.807, 2.05) is 0 Å². The van der Waals surface area contributed by atoms with Crippen molar-refractivity contribution < 1.29 is 20.4 Å². The Morgan fingerprint density at radius 1 is 0.288 bits per heavy atom. The summed E-state index contributed by atoms with van der Waals surface area (Å²) in [5.74, 6) is 0. The molecular formula is C68H46N4Pd. The maximum atomic E-state index is 6.00. The van der Waals surface area contributed by atoms with Gasteiger partial charge in [-0.3, -0.25) is 0 Å². The van der Waals surface area contributed by atoms with Gasteiger partial charge in [-0.2, -0.15) is 0 Å². The van der Waals surface area contributed by atoms with Crippen LogP contribution in [0.3, 0.4) is 0 Å². The van der Waals surface area contributed by atoms with E-state index >= 15 is 0 Å². The van der Waals surface area contributed by atoms with Gasteiger partial charge >= 0.3 is 0 Å². The average molecular weight is 1030 g/mol. The fourth-order valence-corrected chi connectivity index (χ4v) is 10.6. The zero-order valence-electron chi connectivity index (χ0n) is 39.6. The normalized spacial score (nSPS) is 11.8. The predicted octanol–water partition coefficient (Wildman–Crippen LogP) is 17.5. The van der Waals surface area contributed by atoms with Crippen LogP contribution >= 0.6 is 0 Å². The molecule has 0 amide bonds. The molecule has 3 aromatic heterocycles. The summed E-state index contributed by atoms with van der Waals surface area (Å²) in [5, 5.41) is 0. The average Bonchev–Trinajstić information content (AvgIpc) is 4.29. The molecule has 0 spiro atoms. The number of hydrogen-bond donors (Lipinski definition) is 1. The summed E-state index contributed by atoms with van der Waals surface area (Å²) in [4.78, 5) is 15.7. The quantitative estimate of drug-likeness (QED) is 0.154.